The van der Waals surface area contributed by atoms with Gasteiger partial charge in [-0.3, -0.25) is 4.79 Å². The molecule has 0 spiro atoms. The Balaban J connectivity index is 0.000000317. The van der Waals surface area contributed by atoms with Crippen LogP contribution in [0, 0.1) is 31.1 Å². The van der Waals surface area contributed by atoms with Crippen LogP contribution in [0.4, 0.5) is 8.78 Å². The number of hydrogen-bond acceptors (Lipinski definition) is 4. The normalized spacial score (nSPS) is 13.7. The largest absolute Gasteiger partial charge is 0.374 e. The van der Waals surface area contributed by atoms with Crippen LogP contribution in [-0.4, -0.2) is 30.2 Å². The van der Waals surface area contributed by atoms with Crippen molar-refractivity contribution in [1.82, 2.24) is 10.2 Å². The van der Waals surface area contributed by atoms with Crippen molar-refractivity contribution >= 4 is 12.2 Å². The van der Waals surface area contributed by atoms with Gasteiger partial charge in [0.15, 0.2) is 0 Å². The van der Waals surface area contributed by atoms with Crippen LogP contribution in [0.2, 0.25) is 0 Å². The van der Waals surface area contributed by atoms with E-state index < -0.39 is 5.92 Å². The van der Waals surface area contributed by atoms with Gasteiger partial charge in [-0.25, -0.2) is 8.78 Å². The van der Waals surface area contributed by atoms with Crippen molar-refractivity contribution in [2.45, 2.75) is 111 Å². The molecule has 1 amide bonds. The Morgan fingerprint density at radius 3 is 2.16 bits per heavy atom. The first-order chi connectivity index (χ1) is 20.3. The molecular weight excluding hydrogens is 544 g/mol. The van der Waals surface area contributed by atoms with E-state index in [0.717, 1.165) is 55.2 Å². The zero-order valence-electron chi connectivity index (χ0n) is 27.0. The van der Waals surface area contributed by atoms with Crippen LogP contribution in [-0.2, 0) is 22.1 Å². The van der Waals surface area contributed by atoms with Gasteiger partial charge in [0.05, 0.1) is 11.6 Å². The van der Waals surface area contributed by atoms with E-state index in [2.05, 4.69) is 18.0 Å². The molecule has 0 saturated heterocycles. The predicted molar refractivity (Wildman–Crippen MR) is 172 cm³/mol. The number of carbonyl (C=O) groups excluding carboxylic acids is 2. The Bertz CT molecular complexity index is 1170. The number of benzene rings is 2. The van der Waals surface area contributed by atoms with Crippen molar-refractivity contribution in [2.75, 3.05) is 7.05 Å². The second-order valence-corrected chi connectivity index (χ2v) is 11.5. The van der Waals surface area contributed by atoms with E-state index in [1.807, 2.05) is 50.9 Å². The van der Waals surface area contributed by atoms with Crippen LogP contribution >= 0.6 is 0 Å². The van der Waals surface area contributed by atoms with Crippen molar-refractivity contribution in [3.05, 3.63) is 82.6 Å². The highest BCUT2D eigenvalue weighted by Gasteiger charge is 2.24. The number of amides is 1. The van der Waals surface area contributed by atoms with Crippen LogP contribution in [0.25, 0.3) is 0 Å². The van der Waals surface area contributed by atoms with Gasteiger partial charge in [0.25, 0.3) is 5.92 Å². The Morgan fingerprint density at radius 2 is 1.72 bits per heavy atom. The monoisotopic (exact) mass is 595 g/mol. The average molecular weight is 596 g/mol. The van der Waals surface area contributed by atoms with Crippen molar-refractivity contribution in [3.63, 3.8) is 0 Å². The molecule has 0 radical (unpaired) electrons. The Kier molecular flexibility index (Phi) is 17.1. The van der Waals surface area contributed by atoms with Crippen LogP contribution in [0.3, 0.4) is 0 Å². The number of nitrogens with one attached hydrogen (secondary N) is 1. The molecule has 2 aromatic carbocycles. The SMILES string of the molecule is C=C(CC)N(C)Cc1ccc(C(C)(F)F)cc1.CC=O.Cc1ccc(C#N)cc1C.O=C(CCCC1CCC1)NC1CC1. The molecule has 0 heterocycles. The summed E-state index contributed by atoms with van der Waals surface area (Å²) in [6.07, 6.45) is 11.4. The molecule has 0 aromatic heterocycles. The van der Waals surface area contributed by atoms with Gasteiger partial charge in [-0.05, 0) is 87.6 Å². The average Bonchev–Trinajstić information content (AvgIpc) is 3.76. The van der Waals surface area contributed by atoms with E-state index >= 15 is 0 Å². The summed E-state index contributed by atoms with van der Waals surface area (Å²) in [5, 5.41) is 11.5. The molecule has 0 atom stereocenters. The molecule has 5 nitrogen and oxygen atoms in total. The lowest BCUT2D eigenvalue weighted by molar-refractivity contribution is -0.121. The standard InChI is InChI=1S/C14H19F2N.C11H19NO.C9H9N.C2H4O/c1-5-11(2)17(4)10-12-6-8-13(9-7-12)14(3,15)16;13-11(12-10-7-8-10)6-2-5-9-3-1-4-9;1-7-3-4-9(6-10)5-8(7)2;1-2-3/h6-9H,2,5,10H2,1,3-4H3;9-10H,1-8H2,(H,12,13);3-5H,1-2H3;2H,1H3. The lowest BCUT2D eigenvalue weighted by atomic mass is 9.82. The van der Waals surface area contributed by atoms with Crippen LogP contribution in [0.15, 0.2) is 54.7 Å². The lowest BCUT2D eigenvalue weighted by Crippen LogP contribution is -2.25. The zero-order valence-corrected chi connectivity index (χ0v) is 27.0. The topological polar surface area (TPSA) is 73.2 Å². The third-order valence-electron chi connectivity index (χ3n) is 7.65. The van der Waals surface area contributed by atoms with Gasteiger partial charge in [0.2, 0.25) is 5.91 Å². The van der Waals surface area contributed by atoms with Crippen LogP contribution in [0.5, 0.6) is 0 Å². The first kappa shape index (κ1) is 37.5. The van der Waals surface area contributed by atoms with Crippen molar-refractivity contribution in [1.29, 1.82) is 5.26 Å². The minimum absolute atomic E-state index is 0.0539. The van der Waals surface area contributed by atoms with E-state index in [9.17, 15) is 13.6 Å². The molecule has 4 rings (SSSR count). The number of hydrogen-bond donors (Lipinski definition) is 1. The van der Waals surface area contributed by atoms with Gasteiger partial charge in [-0.1, -0.05) is 63.1 Å². The fraction of sp³-hybridized carbons (Fsp3) is 0.528. The summed E-state index contributed by atoms with van der Waals surface area (Å²) in [6.45, 7) is 13.1. The van der Waals surface area contributed by atoms with Gasteiger partial charge in [0.1, 0.15) is 6.29 Å². The summed E-state index contributed by atoms with van der Waals surface area (Å²) >= 11 is 0. The quantitative estimate of drug-likeness (QED) is 0.279. The summed E-state index contributed by atoms with van der Waals surface area (Å²) in [5.74, 6) is -1.53. The van der Waals surface area contributed by atoms with Gasteiger partial charge in [-0.15, -0.1) is 0 Å². The van der Waals surface area contributed by atoms with Crippen molar-refractivity contribution in [3.8, 4) is 6.07 Å². The second kappa shape index (κ2) is 19.6. The van der Waals surface area contributed by atoms with Gasteiger partial charge in [-0.2, -0.15) is 5.26 Å². The summed E-state index contributed by atoms with van der Waals surface area (Å²) < 4.78 is 26.0. The van der Waals surface area contributed by atoms with Gasteiger partial charge in [0, 0.05) is 44.2 Å². The minimum Gasteiger partial charge on any atom is -0.374 e. The minimum atomic E-state index is -2.77. The molecule has 0 unspecified atom stereocenters. The molecule has 43 heavy (non-hydrogen) atoms. The number of aryl methyl sites for hydroxylation is 2. The predicted octanol–water partition coefficient (Wildman–Crippen LogP) is 8.77. The van der Waals surface area contributed by atoms with Crippen LogP contribution < -0.4 is 5.32 Å². The third-order valence-corrected chi connectivity index (χ3v) is 7.65. The fourth-order valence-corrected chi connectivity index (χ4v) is 4.23. The molecule has 1 N–H and O–H groups in total. The number of allylic oxidation sites excluding steroid dienone is 1. The first-order valence-corrected chi connectivity index (χ1v) is 15.4. The van der Waals surface area contributed by atoms with Crippen molar-refractivity contribution < 1.29 is 18.4 Å². The molecule has 7 heteroatoms. The molecule has 0 bridgehead atoms. The third kappa shape index (κ3) is 16.0. The summed E-state index contributed by atoms with van der Waals surface area (Å²) in [4.78, 5) is 22.1. The zero-order chi connectivity index (χ0) is 32.4. The van der Waals surface area contributed by atoms with E-state index in [1.165, 1.54) is 68.7 Å². The fourth-order valence-electron chi connectivity index (χ4n) is 4.23. The number of nitrogens with zero attached hydrogens (tertiary/aromatic N) is 2. The number of aldehydes is 1. The molecule has 2 fully saturated rings. The molecule has 2 aromatic rings. The summed E-state index contributed by atoms with van der Waals surface area (Å²) in [7, 11) is 1.95. The maximum atomic E-state index is 13.0. The second-order valence-electron chi connectivity index (χ2n) is 11.5. The number of carbonyl (C=O) groups is 2. The Hall–Kier alpha value is -3.53. The number of rotatable bonds is 10. The lowest BCUT2D eigenvalue weighted by Gasteiger charge is -2.24. The highest BCUT2D eigenvalue weighted by atomic mass is 19.3. The van der Waals surface area contributed by atoms with Gasteiger partial charge >= 0.3 is 0 Å². The Labute approximate surface area is 258 Å². The number of nitriles is 1. The highest BCUT2D eigenvalue weighted by molar-refractivity contribution is 5.76. The molecule has 0 aliphatic heterocycles. The molecular formula is C36H51F2N3O2. The van der Waals surface area contributed by atoms with Gasteiger partial charge < -0.3 is 15.0 Å². The highest BCUT2D eigenvalue weighted by Crippen LogP contribution is 2.31. The van der Waals surface area contributed by atoms with Crippen molar-refractivity contribution in [2.24, 2.45) is 5.92 Å². The van der Waals surface area contributed by atoms with E-state index in [-0.39, 0.29) is 11.5 Å². The number of halogens is 2. The number of alkyl halides is 2. The summed E-state index contributed by atoms with van der Waals surface area (Å²) in [6, 6.07) is 14.8. The molecule has 2 aliphatic carbocycles. The first-order valence-electron chi connectivity index (χ1n) is 15.4. The maximum absolute atomic E-state index is 13.0. The van der Waals surface area contributed by atoms with E-state index in [0.29, 0.717) is 12.6 Å². The smallest absolute Gasteiger partial charge is 0.270 e. The van der Waals surface area contributed by atoms with E-state index in [1.54, 1.807) is 12.1 Å². The van der Waals surface area contributed by atoms with Crippen LogP contribution in [0.1, 0.15) is 106 Å². The molecule has 2 aliphatic rings. The van der Waals surface area contributed by atoms with E-state index in [4.69, 9.17) is 10.1 Å². The maximum Gasteiger partial charge on any atom is 0.270 e. The Morgan fingerprint density at radius 1 is 1.12 bits per heavy atom. The summed E-state index contributed by atoms with van der Waals surface area (Å²) in [5.41, 5.74) is 5.25. The molecule has 2 saturated carbocycles. The molecule has 236 valence electrons.